The van der Waals surface area contributed by atoms with Crippen molar-refractivity contribution in [2.45, 2.75) is 31.9 Å². The molecule has 1 aliphatic heterocycles. The van der Waals surface area contributed by atoms with Gasteiger partial charge in [-0.25, -0.2) is 13.4 Å². The molecular weight excluding hydrogens is 316 g/mol. The number of sulfone groups is 1. The number of amides is 1. The monoisotopic (exact) mass is 340 g/mol. The number of ether oxygens (including phenoxy) is 1. The summed E-state index contributed by atoms with van der Waals surface area (Å²) in [7, 11) is -1.61. The van der Waals surface area contributed by atoms with E-state index in [-0.39, 0.29) is 22.8 Å². The minimum atomic E-state index is -3.08. The Morgan fingerprint density at radius 1 is 1.39 bits per heavy atom. The van der Waals surface area contributed by atoms with Gasteiger partial charge >= 0.3 is 0 Å². The number of nitrogens with zero attached hydrogens (tertiary/aromatic N) is 2. The van der Waals surface area contributed by atoms with E-state index >= 15 is 0 Å². The van der Waals surface area contributed by atoms with Crippen molar-refractivity contribution in [3.05, 3.63) is 23.9 Å². The van der Waals surface area contributed by atoms with E-state index in [9.17, 15) is 13.2 Å². The van der Waals surface area contributed by atoms with Crippen LogP contribution >= 0.6 is 0 Å². The number of pyridine rings is 1. The summed E-state index contributed by atoms with van der Waals surface area (Å²) in [5, 5.41) is -0.343. The van der Waals surface area contributed by atoms with Crippen LogP contribution in [0.15, 0.2) is 18.3 Å². The topological polar surface area (TPSA) is 76.6 Å². The van der Waals surface area contributed by atoms with Crippen molar-refractivity contribution >= 4 is 15.7 Å². The Balaban J connectivity index is 2.03. The molecule has 0 spiro atoms. The first-order valence-corrected chi connectivity index (χ1v) is 9.56. The predicted octanol–water partition coefficient (Wildman–Crippen LogP) is 1.77. The fourth-order valence-corrected chi connectivity index (χ4v) is 5.04. The van der Waals surface area contributed by atoms with E-state index in [2.05, 4.69) is 4.98 Å². The van der Waals surface area contributed by atoms with Crippen LogP contribution in [-0.2, 0) is 9.84 Å². The molecule has 2 heterocycles. The van der Waals surface area contributed by atoms with Crippen molar-refractivity contribution in [3.63, 3.8) is 0 Å². The van der Waals surface area contributed by atoms with E-state index in [1.54, 1.807) is 23.2 Å². The highest BCUT2D eigenvalue weighted by atomic mass is 32.2. The fourth-order valence-electron chi connectivity index (χ4n) is 2.91. The Morgan fingerprint density at radius 3 is 2.61 bits per heavy atom. The molecule has 128 valence electrons. The number of rotatable bonds is 5. The van der Waals surface area contributed by atoms with Gasteiger partial charge in [0, 0.05) is 19.3 Å². The number of likely N-dealkylation sites (tertiary alicyclic amines) is 1. The highest BCUT2D eigenvalue weighted by Gasteiger charge is 2.32. The lowest BCUT2D eigenvalue weighted by Gasteiger charge is -2.32. The van der Waals surface area contributed by atoms with Gasteiger partial charge in [-0.2, -0.15) is 0 Å². The van der Waals surface area contributed by atoms with Crippen LogP contribution in [0.5, 0.6) is 5.88 Å². The van der Waals surface area contributed by atoms with Crippen molar-refractivity contribution in [1.29, 1.82) is 0 Å². The molecule has 2 rings (SSSR count). The number of hydrogen-bond acceptors (Lipinski definition) is 5. The van der Waals surface area contributed by atoms with Gasteiger partial charge in [0.05, 0.1) is 18.1 Å². The van der Waals surface area contributed by atoms with Gasteiger partial charge in [0.1, 0.15) is 5.56 Å². The van der Waals surface area contributed by atoms with Crippen LogP contribution in [-0.4, -0.2) is 55.4 Å². The summed E-state index contributed by atoms with van der Waals surface area (Å²) < 4.78 is 29.7. The van der Waals surface area contributed by atoms with Gasteiger partial charge in [-0.15, -0.1) is 0 Å². The summed E-state index contributed by atoms with van der Waals surface area (Å²) in [6, 6.07) is 3.37. The molecule has 0 atom stereocenters. The molecule has 0 saturated carbocycles. The van der Waals surface area contributed by atoms with Crippen LogP contribution in [0.4, 0.5) is 0 Å². The number of carbonyl (C=O) groups excluding carboxylic acids is 1. The van der Waals surface area contributed by atoms with E-state index in [0.29, 0.717) is 37.4 Å². The lowest BCUT2D eigenvalue weighted by molar-refractivity contribution is 0.0721. The van der Waals surface area contributed by atoms with Crippen LogP contribution < -0.4 is 4.74 Å². The highest BCUT2D eigenvalue weighted by Crippen LogP contribution is 2.23. The second-order valence-electron chi connectivity index (χ2n) is 6.28. The summed E-state index contributed by atoms with van der Waals surface area (Å²) in [5.74, 6) is 0.475. The van der Waals surface area contributed by atoms with Crippen molar-refractivity contribution in [2.75, 3.05) is 26.0 Å². The minimum absolute atomic E-state index is 0.124. The first-order valence-electron chi connectivity index (χ1n) is 7.85. The SMILES string of the molecule is COc1ncccc1C(=O)N1CCC(S(=O)(=O)CC(C)C)CC1. The van der Waals surface area contributed by atoms with E-state index < -0.39 is 9.84 Å². The molecule has 1 aromatic heterocycles. The molecule has 0 N–H and O–H groups in total. The Morgan fingerprint density at radius 2 is 2.04 bits per heavy atom. The number of methoxy groups -OCH3 is 1. The van der Waals surface area contributed by atoms with Crippen LogP contribution in [0.1, 0.15) is 37.0 Å². The molecular formula is C16H24N2O4S. The largest absolute Gasteiger partial charge is 0.480 e. The summed E-state index contributed by atoms with van der Waals surface area (Å²) in [6.07, 6.45) is 2.55. The summed E-state index contributed by atoms with van der Waals surface area (Å²) >= 11 is 0. The van der Waals surface area contributed by atoms with Gasteiger partial charge in [0.15, 0.2) is 9.84 Å². The third-order valence-electron chi connectivity index (χ3n) is 4.00. The lowest BCUT2D eigenvalue weighted by Crippen LogP contribution is -2.43. The molecule has 1 fully saturated rings. The molecule has 1 amide bonds. The Kier molecular flexibility index (Phi) is 5.62. The number of aromatic nitrogens is 1. The van der Waals surface area contributed by atoms with Crippen LogP contribution in [0, 0.1) is 5.92 Å². The summed E-state index contributed by atoms with van der Waals surface area (Å²) in [5.41, 5.74) is 0.415. The Hall–Kier alpha value is -1.63. The summed E-state index contributed by atoms with van der Waals surface area (Å²) in [6.45, 7) is 4.70. The van der Waals surface area contributed by atoms with Crippen molar-refractivity contribution in [3.8, 4) is 5.88 Å². The Labute approximate surface area is 137 Å². The molecule has 0 aromatic carbocycles. The highest BCUT2D eigenvalue weighted by molar-refractivity contribution is 7.92. The number of piperidine rings is 1. The molecule has 23 heavy (non-hydrogen) atoms. The molecule has 1 saturated heterocycles. The number of carbonyl (C=O) groups is 1. The maximum absolute atomic E-state index is 12.6. The molecule has 0 radical (unpaired) electrons. The molecule has 7 heteroatoms. The smallest absolute Gasteiger partial charge is 0.259 e. The zero-order valence-electron chi connectivity index (χ0n) is 13.9. The van der Waals surface area contributed by atoms with Gasteiger partial charge in [0.25, 0.3) is 5.91 Å². The normalized spacial score (nSPS) is 16.6. The van der Waals surface area contributed by atoms with Gasteiger partial charge in [-0.05, 0) is 30.9 Å². The van der Waals surface area contributed by atoms with E-state index in [0.717, 1.165) is 0 Å². The zero-order chi connectivity index (χ0) is 17.0. The maximum atomic E-state index is 12.6. The van der Waals surface area contributed by atoms with Crippen LogP contribution in [0.25, 0.3) is 0 Å². The second kappa shape index (κ2) is 7.29. The van der Waals surface area contributed by atoms with Gasteiger partial charge < -0.3 is 9.64 Å². The van der Waals surface area contributed by atoms with Crippen molar-refractivity contribution in [2.24, 2.45) is 5.92 Å². The molecule has 1 aromatic rings. The summed E-state index contributed by atoms with van der Waals surface area (Å²) in [4.78, 5) is 18.3. The Bertz CT molecular complexity index is 650. The molecule has 6 nitrogen and oxygen atoms in total. The van der Waals surface area contributed by atoms with Crippen LogP contribution in [0.3, 0.4) is 0 Å². The van der Waals surface area contributed by atoms with Gasteiger partial charge in [0.2, 0.25) is 5.88 Å². The molecule has 0 aliphatic carbocycles. The van der Waals surface area contributed by atoms with E-state index in [1.165, 1.54) is 7.11 Å². The zero-order valence-corrected chi connectivity index (χ0v) is 14.7. The average Bonchev–Trinajstić information content (AvgIpc) is 2.53. The third-order valence-corrected chi connectivity index (χ3v) is 6.62. The van der Waals surface area contributed by atoms with E-state index in [1.807, 2.05) is 13.8 Å². The molecule has 0 unspecified atom stereocenters. The lowest BCUT2D eigenvalue weighted by atomic mass is 10.1. The van der Waals surface area contributed by atoms with Gasteiger partial charge in [-0.3, -0.25) is 4.79 Å². The van der Waals surface area contributed by atoms with E-state index in [4.69, 9.17) is 4.74 Å². The van der Waals surface area contributed by atoms with Crippen molar-refractivity contribution < 1.29 is 17.9 Å². The quantitative estimate of drug-likeness (QED) is 0.816. The van der Waals surface area contributed by atoms with Gasteiger partial charge in [-0.1, -0.05) is 13.8 Å². The first-order chi connectivity index (χ1) is 10.8. The predicted molar refractivity (Wildman–Crippen MR) is 88.3 cm³/mol. The molecule has 0 bridgehead atoms. The fraction of sp³-hybridized carbons (Fsp3) is 0.625. The number of hydrogen-bond donors (Lipinski definition) is 0. The molecule has 1 aliphatic rings. The minimum Gasteiger partial charge on any atom is -0.480 e. The standard InChI is InChI=1S/C16H24N2O4S/c1-12(2)11-23(20,21)13-6-9-18(10-7-13)16(19)14-5-4-8-17-15(14)22-3/h4-5,8,12-13H,6-7,9-11H2,1-3H3. The second-order valence-corrected chi connectivity index (χ2v) is 8.60. The third kappa shape index (κ3) is 4.22. The van der Waals surface area contributed by atoms with Crippen molar-refractivity contribution in [1.82, 2.24) is 9.88 Å². The van der Waals surface area contributed by atoms with Crippen LogP contribution in [0.2, 0.25) is 0 Å². The average molecular weight is 340 g/mol. The maximum Gasteiger partial charge on any atom is 0.259 e. The first kappa shape index (κ1) is 17.7.